The molecule has 10 heteroatoms. The van der Waals surface area contributed by atoms with E-state index in [4.69, 9.17) is 4.74 Å². The van der Waals surface area contributed by atoms with Gasteiger partial charge in [0.1, 0.15) is 0 Å². The molecule has 3 fully saturated rings. The Hall–Kier alpha value is -2.69. The number of ether oxygens (including phenoxy) is 1. The number of nitrogens with one attached hydrogen (secondary N) is 2. The molecule has 2 amide bonds. The zero-order valence-corrected chi connectivity index (χ0v) is 22.1. The normalized spacial score (nSPS) is 27.1. The van der Waals surface area contributed by atoms with E-state index in [1.54, 1.807) is 0 Å². The van der Waals surface area contributed by atoms with Crippen LogP contribution < -0.4 is 10.6 Å². The number of piperidine rings is 1. The second-order valence-electron chi connectivity index (χ2n) is 11.2. The number of methoxy groups -OCH3 is 1. The van der Waals surface area contributed by atoms with Crippen LogP contribution in [0.25, 0.3) is 10.9 Å². The molecule has 0 radical (unpaired) electrons. The summed E-state index contributed by atoms with van der Waals surface area (Å²) in [6.45, 7) is 6.98. The van der Waals surface area contributed by atoms with Crippen molar-refractivity contribution in [2.24, 2.45) is 0 Å². The molecule has 202 valence electrons. The minimum absolute atomic E-state index is 0.0687. The molecule has 37 heavy (non-hydrogen) atoms. The lowest BCUT2D eigenvalue weighted by Gasteiger charge is -2.40. The Labute approximate surface area is 218 Å². The van der Waals surface area contributed by atoms with Crippen LogP contribution in [0.2, 0.25) is 0 Å². The van der Waals surface area contributed by atoms with Crippen molar-refractivity contribution in [1.29, 1.82) is 0 Å². The van der Waals surface area contributed by atoms with Gasteiger partial charge in [0, 0.05) is 61.8 Å². The summed E-state index contributed by atoms with van der Waals surface area (Å²) in [5, 5.41) is 22.6. The maximum absolute atomic E-state index is 13.3. The lowest BCUT2D eigenvalue weighted by Crippen LogP contribution is -2.53. The molecule has 2 bridgehead atoms. The van der Waals surface area contributed by atoms with Crippen LogP contribution in [0.1, 0.15) is 62.5 Å². The molecular weight excluding hydrogens is 472 g/mol. The predicted octanol–water partition coefficient (Wildman–Crippen LogP) is 2.13. The molecule has 3 N–H and O–H groups in total. The average Bonchev–Trinajstić information content (AvgIpc) is 3.53. The highest BCUT2D eigenvalue weighted by molar-refractivity contribution is 6.05. The van der Waals surface area contributed by atoms with Gasteiger partial charge < -0.3 is 20.5 Å². The van der Waals surface area contributed by atoms with Gasteiger partial charge in [0.2, 0.25) is 0 Å². The van der Waals surface area contributed by atoms with Crippen molar-refractivity contribution >= 4 is 22.9 Å². The Bertz CT molecular complexity index is 1110. The first-order valence-corrected chi connectivity index (χ1v) is 13.6. The average molecular weight is 513 g/mol. The van der Waals surface area contributed by atoms with Crippen molar-refractivity contribution in [3.8, 4) is 0 Å². The standard InChI is InChI=1S/C27H40N6O4/c1-17(2)33-24-7-5-4-6-23(24)25(30-33)26(35)28-19-12-20-8-9-21(13-19)32(20)16-22(34)15-31-11-10-18(14-31)29-27(36)37-3/h4-7,17-22,34H,8-16H2,1-3H3,(H,28,35)(H,29,36)/t18?,19-,20-,21+,22?. The topological polar surface area (TPSA) is 112 Å². The van der Waals surface area contributed by atoms with E-state index in [1.807, 2.05) is 28.9 Å². The fourth-order valence-corrected chi connectivity index (χ4v) is 6.54. The molecule has 2 aromatic rings. The third kappa shape index (κ3) is 5.61. The molecule has 0 aliphatic carbocycles. The molecule has 3 aliphatic rings. The van der Waals surface area contributed by atoms with E-state index in [1.165, 1.54) is 7.11 Å². The minimum atomic E-state index is -0.447. The van der Waals surface area contributed by atoms with Crippen LogP contribution in [0.4, 0.5) is 4.79 Å². The number of amides is 2. The lowest BCUT2D eigenvalue weighted by atomic mass is 9.96. The van der Waals surface area contributed by atoms with Crippen molar-refractivity contribution in [3.63, 3.8) is 0 Å². The lowest BCUT2D eigenvalue weighted by molar-refractivity contribution is 0.0361. The monoisotopic (exact) mass is 512 g/mol. The first-order chi connectivity index (χ1) is 17.8. The van der Waals surface area contributed by atoms with Gasteiger partial charge >= 0.3 is 6.09 Å². The number of nitrogens with zero attached hydrogens (tertiary/aromatic N) is 4. The van der Waals surface area contributed by atoms with E-state index >= 15 is 0 Å². The van der Waals surface area contributed by atoms with Gasteiger partial charge in [-0.3, -0.25) is 19.3 Å². The maximum Gasteiger partial charge on any atom is 0.407 e. The van der Waals surface area contributed by atoms with Gasteiger partial charge in [-0.05, 0) is 52.0 Å². The number of carbonyl (C=O) groups excluding carboxylic acids is 2. The van der Waals surface area contributed by atoms with E-state index in [0.717, 1.165) is 56.1 Å². The van der Waals surface area contributed by atoms with Gasteiger partial charge in [0.25, 0.3) is 5.91 Å². The minimum Gasteiger partial charge on any atom is -0.453 e. The number of aromatic nitrogens is 2. The van der Waals surface area contributed by atoms with Crippen molar-refractivity contribution in [2.45, 2.75) is 82.3 Å². The summed E-state index contributed by atoms with van der Waals surface area (Å²) in [6, 6.07) is 9.02. The summed E-state index contributed by atoms with van der Waals surface area (Å²) in [7, 11) is 1.37. The van der Waals surface area contributed by atoms with E-state index in [-0.39, 0.29) is 24.0 Å². The number of carbonyl (C=O) groups is 2. The molecule has 3 saturated heterocycles. The molecule has 5 rings (SSSR count). The molecule has 10 nitrogen and oxygen atoms in total. The van der Waals surface area contributed by atoms with Crippen molar-refractivity contribution in [1.82, 2.24) is 30.2 Å². The fraction of sp³-hybridized carbons (Fsp3) is 0.667. The quantitative estimate of drug-likeness (QED) is 0.497. The predicted molar refractivity (Wildman–Crippen MR) is 141 cm³/mol. The number of aliphatic hydroxyl groups is 1. The summed E-state index contributed by atoms with van der Waals surface area (Å²) < 4.78 is 6.61. The number of hydrogen-bond acceptors (Lipinski definition) is 7. The van der Waals surface area contributed by atoms with Gasteiger partial charge in [0.15, 0.2) is 5.69 Å². The van der Waals surface area contributed by atoms with Crippen molar-refractivity contribution in [2.75, 3.05) is 33.3 Å². The molecule has 3 aliphatic heterocycles. The zero-order valence-electron chi connectivity index (χ0n) is 22.1. The van der Waals surface area contributed by atoms with Crippen molar-refractivity contribution in [3.05, 3.63) is 30.0 Å². The third-order valence-electron chi connectivity index (χ3n) is 8.21. The van der Waals surface area contributed by atoms with Gasteiger partial charge in [-0.25, -0.2) is 4.79 Å². The van der Waals surface area contributed by atoms with Crippen LogP contribution in [0.5, 0.6) is 0 Å². The van der Waals surface area contributed by atoms with Gasteiger partial charge in [-0.1, -0.05) is 18.2 Å². The summed E-state index contributed by atoms with van der Waals surface area (Å²) in [6.07, 6.45) is 4.01. The number of likely N-dealkylation sites (tertiary alicyclic amines) is 1. The van der Waals surface area contributed by atoms with Crippen molar-refractivity contribution < 1.29 is 19.4 Å². The number of benzene rings is 1. The third-order valence-corrected chi connectivity index (χ3v) is 8.21. The highest BCUT2D eigenvalue weighted by Crippen LogP contribution is 2.36. The SMILES string of the molecule is COC(=O)NC1CCN(CC(O)CN2[C@@H]3CC[C@H]2C[C@H](NC(=O)c2nn(C(C)C)c4ccccc24)C3)C1. The summed E-state index contributed by atoms with van der Waals surface area (Å²) in [4.78, 5) is 29.4. The highest BCUT2D eigenvalue weighted by atomic mass is 16.5. The first kappa shape index (κ1) is 25.9. The fourth-order valence-electron chi connectivity index (χ4n) is 6.54. The molecule has 1 aromatic heterocycles. The van der Waals surface area contributed by atoms with E-state index < -0.39 is 12.2 Å². The highest BCUT2D eigenvalue weighted by Gasteiger charge is 2.42. The van der Waals surface area contributed by atoms with Crippen LogP contribution in [0.3, 0.4) is 0 Å². The van der Waals surface area contributed by atoms with Gasteiger partial charge in [-0.2, -0.15) is 5.10 Å². The Morgan fingerprint density at radius 3 is 2.51 bits per heavy atom. The maximum atomic E-state index is 13.3. The molecular formula is C27H40N6O4. The number of alkyl carbamates (subject to hydrolysis) is 1. The second kappa shape index (κ2) is 11.0. The number of hydrogen-bond donors (Lipinski definition) is 3. The summed E-state index contributed by atoms with van der Waals surface area (Å²) in [5.74, 6) is -0.0994. The molecule has 2 unspecified atom stereocenters. The number of β-amino-alcohol motifs (C(OH)–C–C–N with tert-alkyl or cyclic N) is 1. The number of fused-ring (bicyclic) bond motifs is 3. The smallest absolute Gasteiger partial charge is 0.407 e. The second-order valence-corrected chi connectivity index (χ2v) is 11.2. The van der Waals surface area contributed by atoms with E-state index in [9.17, 15) is 14.7 Å². The van der Waals surface area contributed by atoms with Crippen LogP contribution in [-0.4, -0.2) is 100 Å². The van der Waals surface area contributed by atoms with E-state index in [2.05, 4.69) is 39.4 Å². The molecule has 0 spiro atoms. The summed E-state index contributed by atoms with van der Waals surface area (Å²) in [5.41, 5.74) is 1.48. The van der Waals surface area contributed by atoms with Gasteiger partial charge in [-0.15, -0.1) is 0 Å². The molecule has 4 heterocycles. The summed E-state index contributed by atoms with van der Waals surface area (Å²) >= 11 is 0. The van der Waals surface area contributed by atoms with Gasteiger partial charge in [0.05, 0.1) is 18.7 Å². The molecule has 1 aromatic carbocycles. The van der Waals surface area contributed by atoms with Crippen LogP contribution in [-0.2, 0) is 4.74 Å². The van der Waals surface area contributed by atoms with Crippen LogP contribution in [0, 0.1) is 0 Å². The van der Waals surface area contributed by atoms with Crippen LogP contribution >= 0.6 is 0 Å². The Kier molecular flexibility index (Phi) is 7.69. The Morgan fingerprint density at radius 2 is 1.81 bits per heavy atom. The van der Waals surface area contributed by atoms with E-state index in [0.29, 0.717) is 30.9 Å². The number of para-hydroxylation sites is 1. The number of aliphatic hydroxyl groups excluding tert-OH is 1. The van der Waals surface area contributed by atoms with Crippen LogP contribution in [0.15, 0.2) is 24.3 Å². The zero-order chi connectivity index (χ0) is 26.1. The largest absolute Gasteiger partial charge is 0.453 e. The first-order valence-electron chi connectivity index (χ1n) is 13.6. The Balaban J connectivity index is 1.14. The Morgan fingerprint density at radius 1 is 1.08 bits per heavy atom. The molecule has 0 saturated carbocycles. The number of rotatable bonds is 8. The molecule has 5 atom stereocenters.